The lowest BCUT2D eigenvalue weighted by Crippen LogP contribution is -2.13. The normalized spacial score (nSPS) is 15.1. The number of hydrogen-bond donors (Lipinski definition) is 1. The van der Waals surface area contributed by atoms with Crippen molar-refractivity contribution < 1.29 is 9.53 Å². The maximum Gasteiger partial charge on any atom is 0.142 e. The van der Waals surface area contributed by atoms with Crippen molar-refractivity contribution in [1.29, 1.82) is 0 Å². The van der Waals surface area contributed by atoms with Crippen LogP contribution in [-0.4, -0.2) is 12.9 Å². The lowest BCUT2D eigenvalue weighted by molar-refractivity contribution is -0.118. The number of fused-ring (bicyclic) bond motifs is 1. The quantitative estimate of drug-likeness (QED) is 0.681. The first-order chi connectivity index (χ1) is 6.70. The SMILES string of the molecule is COc1cc2c(cc1N)CCC(=O)C2. The molecule has 1 aromatic rings. The van der Waals surface area contributed by atoms with Crippen LogP contribution in [0.15, 0.2) is 12.1 Å². The number of carbonyl (C=O) groups is 1. The van der Waals surface area contributed by atoms with Crippen molar-refractivity contribution in [1.82, 2.24) is 0 Å². The average Bonchev–Trinajstić information content (AvgIpc) is 2.17. The second-order valence-corrected chi connectivity index (χ2v) is 3.58. The first kappa shape index (κ1) is 9.06. The molecule has 1 aliphatic carbocycles. The molecule has 3 heteroatoms. The van der Waals surface area contributed by atoms with Gasteiger partial charge in [-0.05, 0) is 29.7 Å². The Bertz CT molecular complexity index is 385. The van der Waals surface area contributed by atoms with Crippen molar-refractivity contribution in [2.24, 2.45) is 0 Å². The van der Waals surface area contributed by atoms with Gasteiger partial charge >= 0.3 is 0 Å². The van der Waals surface area contributed by atoms with E-state index in [1.165, 1.54) is 5.56 Å². The predicted octanol–water partition coefficient (Wildman–Crippen LogP) is 1.34. The molecule has 0 atom stereocenters. The van der Waals surface area contributed by atoms with Gasteiger partial charge in [0, 0.05) is 12.8 Å². The number of rotatable bonds is 1. The number of ketones is 1. The second kappa shape index (κ2) is 3.33. The van der Waals surface area contributed by atoms with Crippen molar-refractivity contribution in [3.8, 4) is 5.75 Å². The number of benzene rings is 1. The van der Waals surface area contributed by atoms with E-state index in [1.807, 2.05) is 12.1 Å². The monoisotopic (exact) mass is 191 g/mol. The smallest absolute Gasteiger partial charge is 0.142 e. The molecular formula is C11H13NO2. The molecule has 1 aromatic carbocycles. The van der Waals surface area contributed by atoms with Gasteiger partial charge in [-0.2, -0.15) is 0 Å². The zero-order chi connectivity index (χ0) is 10.1. The van der Waals surface area contributed by atoms with Crippen molar-refractivity contribution in [3.63, 3.8) is 0 Å². The molecule has 2 N–H and O–H groups in total. The summed E-state index contributed by atoms with van der Waals surface area (Å²) < 4.78 is 5.11. The third-order valence-corrected chi connectivity index (χ3v) is 2.61. The van der Waals surface area contributed by atoms with Gasteiger partial charge in [-0.25, -0.2) is 0 Å². The molecule has 0 aliphatic heterocycles. The molecule has 74 valence electrons. The van der Waals surface area contributed by atoms with E-state index < -0.39 is 0 Å². The van der Waals surface area contributed by atoms with Crippen molar-refractivity contribution in [2.75, 3.05) is 12.8 Å². The van der Waals surface area contributed by atoms with Crippen LogP contribution in [0.4, 0.5) is 5.69 Å². The van der Waals surface area contributed by atoms with Gasteiger partial charge in [-0.1, -0.05) is 0 Å². The van der Waals surface area contributed by atoms with Crippen LogP contribution in [-0.2, 0) is 17.6 Å². The minimum atomic E-state index is 0.296. The van der Waals surface area contributed by atoms with Gasteiger partial charge in [-0.3, -0.25) is 4.79 Å². The van der Waals surface area contributed by atoms with Crippen LogP contribution in [0, 0.1) is 0 Å². The standard InChI is InChI=1S/C11H13NO2/c1-14-11-6-8-4-9(13)3-2-7(8)5-10(11)12/h5-6H,2-4,12H2,1H3. The van der Waals surface area contributed by atoms with Gasteiger partial charge in [0.05, 0.1) is 12.8 Å². The summed E-state index contributed by atoms with van der Waals surface area (Å²) in [4.78, 5) is 11.2. The van der Waals surface area contributed by atoms with E-state index in [0.717, 1.165) is 12.0 Å². The maximum absolute atomic E-state index is 11.2. The van der Waals surface area contributed by atoms with Crippen LogP contribution in [0.1, 0.15) is 17.5 Å². The molecule has 0 saturated carbocycles. The number of nitrogens with two attached hydrogens (primary N) is 1. The van der Waals surface area contributed by atoms with Crippen LogP contribution < -0.4 is 10.5 Å². The summed E-state index contributed by atoms with van der Waals surface area (Å²) in [5.41, 5.74) is 8.68. The third kappa shape index (κ3) is 1.45. The van der Waals surface area contributed by atoms with Crippen LogP contribution in [0.2, 0.25) is 0 Å². The Morgan fingerprint density at radius 1 is 1.29 bits per heavy atom. The Morgan fingerprint density at radius 2 is 2.07 bits per heavy atom. The Balaban J connectivity index is 2.46. The molecule has 0 saturated heterocycles. The fourth-order valence-corrected chi connectivity index (χ4v) is 1.83. The summed E-state index contributed by atoms with van der Waals surface area (Å²) in [5.74, 6) is 0.961. The zero-order valence-electron chi connectivity index (χ0n) is 8.17. The molecule has 0 amide bonds. The van der Waals surface area contributed by atoms with Gasteiger partial charge in [-0.15, -0.1) is 0 Å². The van der Waals surface area contributed by atoms with E-state index in [1.54, 1.807) is 7.11 Å². The summed E-state index contributed by atoms with van der Waals surface area (Å²) in [6.07, 6.45) is 1.97. The van der Waals surface area contributed by atoms with Crippen molar-refractivity contribution in [3.05, 3.63) is 23.3 Å². The molecule has 0 aromatic heterocycles. The number of hydrogen-bond acceptors (Lipinski definition) is 3. The van der Waals surface area contributed by atoms with Crippen molar-refractivity contribution >= 4 is 11.5 Å². The molecule has 0 bridgehead atoms. The van der Waals surface area contributed by atoms with E-state index >= 15 is 0 Å². The molecule has 0 spiro atoms. The van der Waals surface area contributed by atoms with Gasteiger partial charge in [0.15, 0.2) is 0 Å². The summed E-state index contributed by atoms with van der Waals surface area (Å²) in [5, 5.41) is 0. The summed E-state index contributed by atoms with van der Waals surface area (Å²) in [6, 6.07) is 3.79. The number of methoxy groups -OCH3 is 1. The highest BCUT2D eigenvalue weighted by Crippen LogP contribution is 2.29. The summed E-state index contributed by atoms with van der Waals surface area (Å²) in [7, 11) is 1.59. The largest absolute Gasteiger partial charge is 0.495 e. The number of anilines is 1. The second-order valence-electron chi connectivity index (χ2n) is 3.58. The van der Waals surface area contributed by atoms with E-state index in [9.17, 15) is 4.79 Å². The molecule has 0 heterocycles. The van der Waals surface area contributed by atoms with Crippen LogP contribution in [0.3, 0.4) is 0 Å². The first-order valence-corrected chi connectivity index (χ1v) is 4.67. The van der Waals surface area contributed by atoms with Crippen molar-refractivity contribution in [2.45, 2.75) is 19.3 Å². The van der Waals surface area contributed by atoms with Gasteiger partial charge in [0.25, 0.3) is 0 Å². The first-order valence-electron chi connectivity index (χ1n) is 4.67. The fourth-order valence-electron chi connectivity index (χ4n) is 1.83. The third-order valence-electron chi connectivity index (χ3n) is 2.61. The molecule has 3 nitrogen and oxygen atoms in total. The molecule has 14 heavy (non-hydrogen) atoms. The molecule has 1 aliphatic rings. The number of Topliss-reactive ketones (excluding diaryl/α,β-unsaturated/α-hetero) is 1. The lowest BCUT2D eigenvalue weighted by Gasteiger charge is -2.17. The topological polar surface area (TPSA) is 52.3 Å². The maximum atomic E-state index is 11.2. The minimum Gasteiger partial charge on any atom is -0.495 e. The van der Waals surface area contributed by atoms with Crippen LogP contribution in [0.25, 0.3) is 0 Å². The van der Waals surface area contributed by atoms with Crippen LogP contribution >= 0.6 is 0 Å². The average molecular weight is 191 g/mol. The number of carbonyl (C=O) groups excluding carboxylic acids is 1. The molecule has 0 unspecified atom stereocenters. The highest BCUT2D eigenvalue weighted by Gasteiger charge is 2.17. The van der Waals surface area contributed by atoms with Gasteiger partial charge in [0.1, 0.15) is 11.5 Å². The Hall–Kier alpha value is -1.51. The van der Waals surface area contributed by atoms with Crippen LogP contribution in [0.5, 0.6) is 5.75 Å². The van der Waals surface area contributed by atoms with E-state index in [0.29, 0.717) is 30.1 Å². The van der Waals surface area contributed by atoms with E-state index in [4.69, 9.17) is 10.5 Å². The number of aryl methyl sites for hydroxylation is 1. The molecule has 0 fully saturated rings. The van der Waals surface area contributed by atoms with Gasteiger partial charge in [0.2, 0.25) is 0 Å². The van der Waals surface area contributed by atoms with E-state index in [2.05, 4.69) is 0 Å². The number of nitrogen functional groups attached to an aromatic ring is 1. The fraction of sp³-hybridized carbons (Fsp3) is 0.364. The predicted molar refractivity (Wildman–Crippen MR) is 54.4 cm³/mol. The lowest BCUT2D eigenvalue weighted by atomic mass is 9.90. The highest BCUT2D eigenvalue weighted by molar-refractivity contribution is 5.83. The molecule has 2 rings (SSSR count). The van der Waals surface area contributed by atoms with E-state index in [-0.39, 0.29) is 0 Å². The summed E-state index contributed by atoms with van der Waals surface area (Å²) >= 11 is 0. The zero-order valence-corrected chi connectivity index (χ0v) is 8.17. The summed E-state index contributed by atoms with van der Waals surface area (Å²) in [6.45, 7) is 0. The van der Waals surface area contributed by atoms with Gasteiger partial charge < -0.3 is 10.5 Å². The Labute approximate surface area is 82.9 Å². The number of ether oxygens (including phenoxy) is 1. The molecular weight excluding hydrogens is 178 g/mol. The molecule has 0 radical (unpaired) electrons. The Morgan fingerprint density at radius 3 is 2.79 bits per heavy atom. The Kier molecular flexibility index (Phi) is 2.15. The highest BCUT2D eigenvalue weighted by atomic mass is 16.5. The minimum absolute atomic E-state index is 0.296.